The molecule has 2 N–H and O–H groups in total. The van der Waals surface area contributed by atoms with Crippen LogP contribution in [0.25, 0.3) is 50.4 Å². The van der Waals surface area contributed by atoms with Gasteiger partial charge in [-0.1, -0.05) is 110 Å². The zero-order chi connectivity index (χ0) is 34.3. The summed E-state index contributed by atoms with van der Waals surface area (Å²) >= 11 is 5.84. The van der Waals surface area contributed by atoms with Crippen molar-refractivity contribution in [1.29, 1.82) is 0 Å². The molecule has 4 heterocycles. The lowest BCUT2D eigenvalue weighted by Gasteiger charge is -2.32. The Hall–Kier alpha value is -4.85. The number of hydrogen-bond acceptors (Lipinski definition) is 6. The zero-order valence-corrected chi connectivity index (χ0v) is 31.0. The Bertz CT molecular complexity index is 2860. The van der Waals surface area contributed by atoms with Crippen LogP contribution in [-0.4, -0.2) is 5.84 Å². The molecule has 252 valence electrons. The van der Waals surface area contributed by atoms with Crippen LogP contribution >= 0.6 is 34.0 Å². The maximum absolute atomic E-state index is 5.28. The van der Waals surface area contributed by atoms with Gasteiger partial charge in [0.05, 0.1) is 0 Å². The molecule has 0 spiro atoms. The molecule has 0 fully saturated rings. The van der Waals surface area contributed by atoms with Gasteiger partial charge in [-0.2, -0.15) is 0 Å². The molecule has 0 radical (unpaired) electrons. The monoisotopic (exact) mass is 725 g/mol. The van der Waals surface area contributed by atoms with Crippen LogP contribution in [0.5, 0.6) is 0 Å². The zero-order valence-electron chi connectivity index (χ0n) is 28.6. The van der Waals surface area contributed by atoms with Crippen LogP contribution in [-0.2, 0) is 0 Å². The minimum absolute atomic E-state index is 0.100. The summed E-state index contributed by atoms with van der Waals surface area (Å²) in [6.45, 7) is 2.43. The molecule has 6 heteroatoms. The van der Waals surface area contributed by atoms with Gasteiger partial charge in [-0.25, -0.2) is 4.99 Å². The number of nitrogens with one attached hydrogen (secondary N) is 2. The van der Waals surface area contributed by atoms with Crippen molar-refractivity contribution >= 4 is 90.3 Å². The number of nitrogens with zero attached hydrogens (tertiary/aromatic N) is 1. The Morgan fingerprint density at radius 2 is 1.31 bits per heavy atom. The van der Waals surface area contributed by atoms with Gasteiger partial charge in [0, 0.05) is 61.4 Å². The summed E-state index contributed by atoms with van der Waals surface area (Å²) < 4.78 is 6.84. The van der Waals surface area contributed by atoms with Crippen LogP contribution in [0.1, 0.15) is 76.6 Å². The average molecular weight is 726 g/mol. The van der Waals surface area contributed by atoms with E-state index in [0.29, 0.717) is 11.8 Å². The molecule has 0 saturated carbocycles. The van der Waals surface area contributed by atoms with Crippen LogP contribution < -0.4 is 10.6 Å². The number of benzene rings is 6. The van der Waals surface area contributed by atoms with E-state index in [1.54, 1.807) is 10.4 Å². The highest BCUT2D eigenvalue weighted by atomic mass is 32.1. The first-order chi connectivity index (χ1) is 25.7. The SMILES string of the molecule is CC1CCC(c2cccc3c2sc2ccccc23)c2sc3cc(C4NC(c5ccccc5)=NC(c5ccc6sc7ccccc7c6c5)N4)ccc3c21. The summed E-state index contributed by atoms with van der Waals surface area (Å²) in [5.74, 6) is 1.88. The van der Waals surface area contributed by atoms with E-state index < -0.39 is 0 Å². The fourth-order valence-corrected chi connectivity index (χ4v) is 12.6. The van der Waals surface area contributed by atoms with Crippen LogP contribution in [0.2, 0.25) is 0 Å². The molecule has 9 aromatic rings. The Morgan fingerprint density at radius 3 is 2.17 bits per heavy atom. The molecule has 1 aliphatic heterocycles. The summed E-state index contributed by atoms with van der Waals surface area (Å²) in [6.07, 6.45) is 2.11. The van der Waals surface area contributed by atoms with Gasteiger partial charge < -0.3 is 5.32 Å². The molecule has 0 amide bonds. The summed E-state index contributed by atoms with van der Waals surface area (Å²) in [5.41, 5.74) is 6.57. The molecule has 0 saturated heterocycles. The first-order valence-electron chi connectivity index (χ1n) is 18.2. The molecular weight excluding hydrogens is 691 g/mol. The number of aliphatic imine (C=N–C) groups is 1. The van der Waals surface area contributed by atoms with E-state index in [9.17, 15) is 0 Å². The lowest BCUT2D eigenvalue weighted by Crippen LogP contribution is -2.44. The first kappa shape index (κ1) is 30.7. The molecule has 2 aliphatic rings. The predicted molar refractivity (Wildman–Crippen MR) is 225 cm³/mol. The van der Waals surface area contributed by atoms with Gasteiger partial charge in [0.2, 0.25) is 0 Å². The van der Waals surface area contributed by atoms with Crippen LogP contribution in [0.3, 0.4) is 0 Å². The third-order valence-corrected chi connectivity index (χ3v) is 14.9. The van der Waals surface area contributed by atoms with Gasteiger partial charge in [-0.05, 0) is 76.7 Å². The predicted octanol–water partition coefficient (Wildman–Crippen LogP) is 13.0. The maximum Gasteiger partial charge on any atom is 0.131 e. The second kappa shape index (κ2) is 12.1. The van der Waals surface area contributed by atoms with Crippen molar-refractivity contribution in [3.05, 3.63) is 166 Å². The summed E-state index contributed by atoms with van der Waals surface area (Å²) in [7, 11) is 0. The third-order valence-electron chi connectivity index (χ3n) is 11.2. The van der Waals surface area contributed by atoms with Gasteiger partial charge in [-0.15, -0.1) is 34.0 Å². The van der Waals surface area contributed by atoms with Gasteiger partial charge in [0.25, 0.3) is 0 Å². The van der Waals surface area contributed by atoms with Gasteiger partial charge in [0.1, 0.15) is 18.2 Å². The van der Waals surface area contributed by atoms with Gasteiger partial charge in [0.15, 0.2) is 0 Å². The summed E-state index contributed by atoms with van der Waals surface area (Å²) in [6, 6.07) is 49.2. The Balaban J connectivity index is 1.000. The first-order valence-corrected chi connectivity index (χ1v) is 20.6. The lowest BCUT2D eigenvalue weighted by atomic mass is 9.78. The van der Waals surface area contributed by atoms with Crippen LogP contribution in [0, 0.1) is 0 Å². The van der Waals surface area contributed by atoms with Crippen molar-refractivity contribution in [2.24, 2.45) is 4.99 Å². The number of thiophene rings is 3. The fourth-order valence-electron chi connectivity index (χ4n) is 8.69. The molecule has 3 nitrogen and oxygen atoms in total. The van der Waals surface area contributed by atoms with Crippen molar-refractivity contribution in [3.63, 3.8) is 0 Å². The standard InChI is InChI=1S/C46H35N3S3/c1-26-18-21-34(33-15-9-14-32-30-12-5-8-17-38(30)51-42(32)33)43-41(26)35-22-19-29(25-40(35)52-43)46-48-44(27-10-3-2-4-11-27)47-45(49-46)28-20-23-39-36(24-28)31-13-6-7-16-37(31)50-39/h2-17,19-20,22-26,34,45-46,49H,18,21H2,1H3,(H,47,48). The van der Waals surface area contributed by atoms with Crippen molar-refractivity contribution in [3.8, 4) is 0 Å². The van der Waals surface area contributed by atoms with Crippen molar-refractivity contribution in [2.45, 2.75) is 43.9 Å². The Labute approximate surface area is 314 Å². The van der Waals surface area contributed by atoms with Crippen LogP contribution in [0.15, 0.2) is 138 Å². The molecule has 11 rings (SSSR count). The fraction of sp³-hybridized carbons (Fsp3) is 0.152. The normalized spacial score (nSPS) is 20.4. The molecule has 0 bridgehead atoms. The Morgan fingerprint density at radius 1 is 0.577 bits per heavy atom. The summed E-state index contributed by atoms with van der Waals surface area (Å²) in [4.78, 5) is 6.84. The van der Waals surface area contributed by atoms with Crippen molar-refractivity contribution in [2.75, 3.05) is 0 Å². The van der Waals surface area contributed by atoms with E-state index in [1.807, 2.05) is 34.0 Å². The number of hydrogen-bond donors (Lipinski definition) is 2. The molecular formula is C46H35N3S3. The van der Waals surface area contributed by atoms with Gasteiger partial charge in [-0.3, -0.25) is 5.32 Å². The van der Waals surface area contributed by atoms with Crippen molar-refractivity contribution < 1.29 is 0 Å². The molecule has 1 aliphatic carbocycles. The Kier molecular flexibility index (Phi) is 7.16. The summed E-state index contributed by atoms with van der Waals surface area (Å²) in [5, 5.41) is 14.5. The minimum Gasteiger partial charge on any atom is -0.350 e. The van der Waals surface area contributed by atoms with E-state index in [-0.39, 0.29) is 12.3 Å². The van der Waals surface area contributed by atoms with E-state index in [1.165, 1.54) is 80.0 Å². The largest absolute Gasteiger partial charge is 0.350 e. The van der Waals surface area contributed by atoms with E-state index >= 15 is 0 Å². The lowest BCUT2D eigenvalue weighted by molar-refractivity contribution is 0.409. The second-order valence-electron chi connectivity index (χ2n) is 14.3. The highest BCUT2D eigenvalue weighted by Crippen LogP contribution is 2.52. The van der Waals surface area contributed by atoms with Crippen molar-refractivity contribution in [1.82, 2.24) is 10.6 Å². The minimum atomic E-state index is -0.192. The van der Waals surface area contributed by atoms with E-state index in [0.717, 1.165) is 11.4 Å². The smallest absolute Gasteiger partial charge is 0.131 e. The molecule has 4 atom stereocenters. The maximum atomic E-state index is 5.28. The molecule has 4 unspecified atom stereocenters. The number of fused-ring (bicyclic) bond motifs is 9. The topological polar surface area (TPSA) is 36.4 Å². The number of amidine groups is 1. The van der Waals surface area contributed by atoms with E-state index in [4.69, 9.17) is 4.99 Å². The molecule has 52 heavy (non-hydrogen) atoms. The van der Waals surface area contributed by atoms with Gasteiger partial charge >= 0.3 is 0 Å². The molecule has 6 aromatic carbocycles. The van der Waals surface area contributed by atoms with E-state index in [2.05, 4.69) is 151 Å². The quantitative estimate of drug-likeness (QED) is 0.189. The number of rotatable bonds is 4. The molecule has 3 aromatic heterocycles. The third kappa shape index (κ3) is 4.89. The second-order valence-corrected chi connectivity index (χ2v) is 17.6. The highest BCUT2D eigenvalue weighted by Gasteiger charge is 2.32. The van der Waals surface area contributed by atoms with Crippen LogP contribution in [0.4, 0.5) is 0 Å². The average Bonchev–Trinajstić information content (AvgIpc) is 3.89. The highest BCUT2D eigenvalue weighted by molar-refractivity contribution is 7.26.